The van der Waals surface area contributed by atoms with E-state index in [-0.39, 0.29) is 12.2 Å². The van der Waals surface area contributed by atoms with Gasteiger partial charge in [-0.3, -0.25) is 0 Å². The van der Waals surface area contributed by atoms with E-state index in [0.29, 0.717) is 24.5 Å². The molecule has 4 nitrogen and oxygen atoms in total. The zero-order chi connectivity index (χ0) is 23.9. The molecular formula is C31H40O4. The van der Waals surface area contributed by atoms with E-state index in [9.17, 15) is 0 Å². The van der Waals surface area contributed by atoms with Gasteiger partial charge in [0.25, 0.3) is 0 Å². The lowest BCUT2D eigenvalue weighted by Crippen LogP contribution is -2.23. The van der Waals surface area contributed by atoms with Crippen LogP contribution in [0.25, 0.3) is 0 Å². The first-order valence-corrected chi connectivity index (χ1v) is 13.7. The van der Waals surface area contributed by atoms with Gasteiger partial charge in [0.05, 0.1) is 13.2 Å². The molecule has 5 unspecified atom stereocenters. The monoisotopic (exact) mass is 476 g/mol. The van der Waals surface area contributed by atoms with Crippen molar-refractivity contribution >= 4 is 0 Å². The first-order valence-electron chi connectivity index (χ1n) is 13.7. The van der Waals surface area contributed by atoms with Crippen LogP contribution in [0.3, 0.4) is 0 Å². The zero-order valence-corrected chi connectivity index (χ0v) is 21.1. The largest absolute Gasteiger partial charge is 0.491 e. The summed E-state index contributed by atoms with van der Waals surface area (Å²) in [5.41, 5.74) is 2.71. The Labute approximate surface area is 210 Å². The van der Waals surface area contributed by atoms with E-state index in [1.165, 1.54) is 43.2 Å². The van der Waals surface area contributed by atoms with Gasteiger partial charge in [-0.2, -0.15) is 0 Å². The van der Waals surface area contributed by atoms with Crippen molar-refractivity contribution in [2.45, 2.75) is 88.4 Å². The molecule has 2 fully saturated rings. The summed E-state index contributed by atoms with van der Waals surface area (Å²) in [6.45, 7) is 4.59. The molecule has 5 rings (SSSR count). The van der Waals surface area contributed by atoms with Crippen LogP contribution in [-0.2, 0) is 9.47 Å². The quantitative estimate of drug-likeness (QED) is 0.164. The molecule has 0 amide bonds. The maximum absolute atomic E-state index is 6.45. The highest BCUT2D eigenvalue weighted by Crippen LogP contribution is 2.37. The molecule has 0 spiro atoms. The van der Waals surface area contributed by atoms with E-state index < -0.39 is 0 Å². The normalized spacial score (nSPS) is 25.7. The molecule has 4 heteroatoms. The first kappa shape index (κ1) is 24.4. The predicted molar refractivity (Wildman–Crippen MR) is 140 cm³/mol. The van der Waals surface area contributed by atoms with Gasteiger partial charge in [0.2, 0.25) is 0 Å². The highest BCUT2D eigenvalue weighted by atomic mass is 16.6. The second-order valence-corrected chi connectivity index (χ2v) is 10.3. The summed E-state index contributed by atoms with van der Waals surface area (Å²) in [7, 11) is 0. The van der Waals surface area contributed by atoms with Crippen molar-refractivity contribution in [3.63, 3.8) is 0 Å². The predicted octanol–water partition coefficient (Wildman–Crippen LogP) is 7.19. The van der Waals surface area contributed by atoms with E-state index >= 15 is 0 Å². The van der Waals surface area contributed by atoms with Gasteiger partial charge in [0.15, 0.2) is 0 Å². The number of unbranched alkanes of at least 4 members (excludes halogenated alkanes) is 4. The van der Waals surface area contributed by atoms with Crippen LogP contribution >= 0.6 is 0 Å². The lowest BCUT2D eigenvalue weighted by Gasteiger charge is -2.24. The Bertz CT molecular complexity index is 945. The highest BCUT2D eigenvalue weighted by Gasteiger charge is 2.34. The Morgan fingerprint density at radius 3 is 2.26 bits per heavy atom. The fraction of sp³-hybridized carbons (Fsp3) is 0.548. The summed E-state index contributed by atoms with van der Waals surface area (Å²) in [5.74, 6) is 2.82. The Kier molecular flexibility index (Phi) is 8.43. The Morgan fingerprint density at radius 1 is 0.829 bits per heavy atom. The van der Waals surface area contributed by atoms with Crippen molar-refractivity contribution < 1.29 is 18.9 Å². The second kappa shape index (κ2) is 12.1. The summed E-state index contributed by atoms with van der Waals surface area (Å²) in [6, 6.07) is 17.3. The summed E-state index contributed by atoms with van der Waals surface area (Å²) < 4.78 is 23.0. The molecule has 0 N–H and O–H groups in total. The average Bonchev–Trinajstić information content (AvgIpc) is 3.82. The molecule has 35 heavy (non-hydrogen) atoms. The summed E-state index contributed by atoms with van der Waals surface area (Å²) in [4.78, 5) is 0. The van der Waals surface area contributed by atoms with E-state index in [4.69, 9.17) is 18.9 Å². The highest BCUT2D eigenvalue weighted by molar-refractivity contribution is 5.37. The molecular weight excluding hydrogens is 436 g/mol. The molecule has 188 valence electrons. The Morgan fingerprint density at radius 2 is 1.57 bits per heavy atom. The lowest BCUT2D eigenvalue weighted by atomic mass is 9.81. The smallest absolute Gasteiger partial charge is 0.127 e. The van der Waals surface area contributed by atoms with Crippen molar-refractivity contribution in [1.82, 2.24) is 0 Å². The minimum Gasteiger partial charge on any atom is -0.491 e. The van der Waals surface area contributed by atoms with Gasteiger partial charge in [0.1, 0.15) is 36.4 Å². The van der Waals surface area contributed by atoms with Gasteiger partial charge >= 0.3 is 0 Å². The van der Waals surface area contributed by atoms with E-state index in [1.54, 1.807) is 0 Å². The SMILES string of the molecule is CCCCCCCC(Oc1cccc(C2C=CC(c3ccc(OCC4CO4)cc3)CC2)c1)C1CO1. The van der Waals surface area contributed by atoms with Gasteiger partial charge in [-0.15, -0.1) is 0 Å². The van der Waals surface area contributed by atoms with Crippen molar-refractivity contribution in [3.8, 4) is 11.5 Å². The van der Waals surface area contributed by atoms with Gasteiger partial charge in [0, 0.05) is 11.8 Å². The van der Waals surface area contributed by atoms with Crippen LogP contribution in [0.5, 0.6) is 11.5 Å². The molecule has 2 aromatic carbocycles. The number of rotatable bonds is 14. The minimum absolute atomic E-state index is 0.182. The number of benzene rings is 2. The van der Waals surface area contributed by atoms with Crippen LogP contribution < -0.4 is 9.47 Å². The standard InChI is InChI=1S/C31H40O4/c1-2-3-4-5-6-10-30(31-22-34-31)35-28-9-7-8-26(19-28)25-13-11-23(12-14-25)24-15-17-27(18-16-24)32-20-29-21-33-29/h7-9,11,13,15-19,23,25,29-31H,2-6,10,12,14,20-22H2,1H3. The molecule has 0 saturated carbocycles. The number of allylic oxidation sites excluding steroid dienone is 2. The Balaban J connectivity index is 1.14. The minimum atomic E-state index is 0.182. The van der Waals surface area contributed by atoms with Gasteiger partial charge < -0.3 is 18.9 Å². The number of hydrogen-bond donors (Lipinski definition) is 0. The average molecular weight is 477 g/mol. The van der Waals surface area contributed by atoms with Crippen molar-refractivity contribution in [1.29, 1.82) is 0 Å². The lowest BCUT2D eigenvalue weighted by molar-refractivity contribution is 0.147. The maximum Gasteiger partial charge on any atom is 0.127 e. The van der Waals surface area contributed by atoms with E-state index in [2.05, 4.69) is 67.6 Å². The van der Waals surface area contributed by atoms with Crippen molar-refractivity contribution in [2.24, 2.45) is 0 Å². The molecule has 0 radical (unpaired) electrons. The van der Waals surface area contributed by atoms with Gasteiger partial charge in [-0.1, -0.05) is 69.0 Å². The Hall–Kier alpha value is -2.30. The molecule has 2 saturated heterocycles. The summed E-state index contributed by atoms with van der Waals surface area (Å²) in [6.07, 6.45) is 15.4. The first-order chi connectivity index (χ1) is 17.3. The summed E-state index contributed by atoms with van der Waals surface area (Å²) in [5, 5.41) is 0. The topological polar surface area (TPSA) is 43.5 Å². The number of epoxide rings is 2. The van der Waals surface area contributed by atoms with Gasteiger partial charge in [-0.05, 0) is 61.1 Å². The van der Waals surface area contributed by atoms with Crippen LogP contribution in [0.2, 0.25) is 0 Å². The molecule has 5 atom stereocenters. The van der Waals surface area contributed by atoms with Gasteiger partial charge in [-0.25, -0.2) is 0 Å². The van der Waals surface area contributed by atoms with Crippen LogP contribution in [0.1, 0.15) is 81.3 Å². The van der Waals surface area contributed by atoms with Crippen molar-refractivity contribution in [3.05, 3.63) is 71.8 Å². The molecule has 0 bridgehead atoms. The molecule has 3 aliphatic rings. The fourth-order valence-electron chi connectivity index (χ4n) is 5.07. The third-order valence-corrected chi connectivity index (χ3v) is 7.45. The van der Waals surface area contributed by atoms with Crippen LogP contribution in [-0.4, -0.2) is 38.1 Å². The fourth-order valence-corrected chi connectivity index (χ4v) is 5.07. The van der Waals surface area contributed by atoms with E-state index in [0.717, 1.165) is 44.0 Å². The molecule has 2 aromatic rings. The third kappa shape index (κ3) is 7.35. The van der Waals surface area contributed by atoms with Crippen molar-refractivity contribution in [2.75, 3.05) is 19.8 Å². The molecule has 1 aliphatic carbocycles. The van der Waals surface area contributed by atoms with Crippen LogP contribution in [0, 0.1) is 0 Å². The van der Waals surface area contributed by atoms with Crippen LogP contribution in [0.4, 0.5) is 0 Å². The number of ether oxygens (including phenoxy) is 4. The molecule has 0 aromatic heterocycles. The zero-order valence-electron chi connectivity index (χ0n) is 21.1. The second-order valence-electron chi connectivity index (χ2n) is 10.3. The number of hydrogen-bond acceptors (Lipinski definition) is 4. The third-order valence-electron chi connectivity index (χ3n) is 7.45. The van der Waals surface area contributed by atoms with E-state index in [1.807, 2.05) is 0 Å². The van der Waals surface area contributed by atoms with Crippen LogP contribution in [0.15, 0.2) is 60.7 Å². The summed E-state index contributed by atoms with van der Waals surface area (Å²) >= 11 is 0. The maximum atomic E-state index is 6.45. The molecule has 2 heterocycles. The molecule has 2 aliphatic heterocycles.